The molecule has 0 heterocycles. The summed E-state index contributed by atoms with van der Waals surface area (Å²) < 4.78 is 0. The molecule has 0 aliphatic carbocycles. The van der Waals surface area contributed by atoms with E-state index in [0.717, 1.165) is 22.7 Å². The molecule has 4 aromatic rings. The standard InChI is InChI=1S/C24H19N2/c1-3-7-21(8-4-1)25-23-15-11-19(12-16-23)20-13-17-24(18-14-20)26-22-9-5-2-6-10-22/h1-18,25H. The van der Waals surface area contributed by atoms with Gasteiger partial charge in [-0.25, -0.2) is 5.32 Å². The molecule has 0 aliphatic rings. The molecule has 0 amide bonds. The Bertz CT molecular complexity index is 861. The third-order valence-electron chi connectivity index (χ3n) is 4.16. The molecule has 0 spiro atoms. The van der Waals surface area contributed by atoms with Gasteiger partial charge in [0.2, 0.25) is 0 Å². The average Bonchev–Trinajstić information content (AvgIpc) is 2.71. The first-order valence-electron chi connectivity index (χ1n) is 8.66. The first kappa shape index (κ1) is 16.0. The molecular formula is C24H19N2. The van der Waals surface area contributed by atoms with Crippen molar-refractivity contribution in [3.05, 3.63) is 109 Å². The number of hydrogen-bond acceptors (Lipinski definition) is 1. The molecule has 2 heteroatoms. The maximum atomic E-state index is 4.63. The highest BCUT2D eigenvalue weighted by molar-refractivity contribution is 5.69. The Hall–Kier alpha value is -3.52. The Kier molecular flexibility index (Phi) is 4.66. The highest BCUT2D eigenvalue weighted by Crippen LogP contribution is 2.25. The van der Waals surface area contributed by atoms with Crippen molar-refractivity contribution in [2.24, 2.45) is 0 Å². The van der Waals surface area contributed by atoms with Crippen molar-refractivity contribution in [1.29, 1.82) is 0 Å². The molecule has 26 heavy (non-hydrogen) atoms. The van der Waals surface area contributed by atoms with Gasteiger partial charge in [0.25, 0.3) is 0 Å². The van der Waals surface area contributed by atoms with Crippen molar-refractivity contribution in [3.8, 4) is 11.1 Å². The molecule has 4 rings (SSSR count). The smallest absolute Gasteiger partial charge is 0.0637 e. The second-order valence-electron chi connectivity index (χ2n) is 6.06. The summed E-state index contributed by atoms with van der Waals surface area (Å²) in [6.45, 7) is 0. The first-order chi connectivity index (χ1) is 12.9. The summed E-state index contributed by atoms with van der Waals surface area (Å²) in [7, 11) is 0. The van der Waals surface area contributed by atoms with Crippen molar-refractivity contribution in [2.75, 3.05) is 5.32 Å². The summed E-state index contributed by atoms with van der Waals surface area (Å²) in [4.78, 5) is 0. The van der Waals surface area contributed by atoms with Gasteiger partial charge < -0.3 is 5.32 Å². The molecule has 1 radical (unpaired) electrons. The topological polar surface area (TPSA) is 26.1 Å². The van der Waals surface area contributed by atoms with Gasteiger partial charge in [0.05, 0.1) is 11.4 Å². The van der Waals surface area contributed by atoms with Crippen LogP contribution in [0.25, 0.3) is 11.1 Å². The summed E-state index contributed by atoms with van der Waals surface area (Å²) in [6, 6.07) is 37.0. The van der Waals surface area contributed by atoms with Crippen LogP contribution in [0.15, 0.2) is 109 Å². The van der Waals surface area contributed by atoms with E-state index in [0.29, 0.717) is 0 Å². The van der Waals surface area contributed by atoms with E-state index in [-0.39, 0.29) is 0 Å². The predicted octanol–water partition coefficient (Wildman–Crippen LogP) is 6.66. The summed E-state index contributed by atoms with van der Waals surface area (Å²) >= 11 is 0. The van der Waals surface area contributed by atoms with Gasteiger partial charge in [-0.15, -0.1) is 0 Å². The van der Waals surface area contributed by atoms with E-state index in [4.69, 9.17) is 0 Å². The maximum absolute atomic E-state index is 4.63. The maximum Gasteiger partial charge on any atom is 0.0637 e. The van der Waals surface area contributed by atoms with Crippen LogP contribution in [0, 0.1) is 0 Å². The second-order valence-corrected chi connectivity index (χ2v) is 6.06. The molecule has 0 aromatic heterocycles. The summed E-state index contributed by atoms with van der Waals surface area (Å²) in [5.74, 6) is 0. The third-order valence-corrected chi connectivity index (χ3v) is 4.16. The Labute approximate surface area is 154 Å². The van der Waals surface area contributed by atoms with Gasteiger partial charge in [-0.1, -0.05) is 60.7 Å². The quantitative estimate of drug-likeness (QED) is 0.433. The zero-order valence-electron chi connectivity index (χ0n) is 14.3. The predicted molar refractivity (Wildman–Crippen MR) is 109 cm³/mol. The largest absolute Gasteiger partial charge is 0.356 e. The van der Waals surface area contributed by atoms with Crippen LogP contribution in [-0.2, 0) is 0 Å². The molecule has 0 unspecified atom stereocenters. The van der Waals surface area contributed by atoms with Crippen LogP contribution in [-0.4, -0.2) is 0 Å². The van der Waals surface area contributed by atoms with Gasteiger partial charge in [-0.3, -0.25) is 0 Å². The second kappa shape index (κ2) is 7.58. The minimum absolute atomic E-state index is 0.960. The number of anilines is 2. The first-order valence-corrected chi connectivity index (χ1v) is 8.66. The van der Waals surface area contributed by atoms with Gasteiger partial charge in [0.15, 0.2) is 0 Å². The van der Waals surface area contributed by atoms with Crippen LogP contribution in [0.3, 0.4) is 0 Å². The minimum Gasteiger partial charge on any atom is -0.356 e. The highest BCUT2D eigenvalue weighted by atomic mass is 14.9. The molecular weight excluding hydrogens is 316 g/mol. The Morgan fingerprint density at radius 1 is 0.423 bits per heavy atom. The van der Waals surface area contributed by atoms with E-state index < -0.39 is 0 Å². The van der Waals surface area contributed by atoms with Gasteiger partial charge in [-0.05, 0) is 59.7 Å². The van der Waals surface area contributed by atoms with Gasteiger partial charge >= 0.3 is 0 Å². The van der Waals surface area contributed by atoms with Crippen LogP contribution in [0.4, 0.5) is 22.7 Å². The Morgan fingerprint density at radius 2 is 0.885 bits per heavy atom. The minimum atomic E-state index is 0.960. The fourth-order valence-corrected chi connectivity index (χ4v) is 2.81. The number of benzene rings is 4. The van der Waals surface area contributed by atoms with Crippen molar-refractivity contribution in [2.45, 2.75) is 0 Å². The van der Waals surface area contributed by atoms with Crippen LogP contribution >= 0.6 is 0 Å². The van der Waals surface area contributed by atoms with Crippen LogP contribution < -0.4 is 10.6 Å². The number of para-hydroxylation sites is 2. The SMILES string of the molecule is c1ccc([N]c2ccc(-c3ccc(Nc4ccccc4)cc3)cc2)cc1. The normalized spacial score (nSPS) is 10.3. The molecule has 4 aromatic carbocycles. The zero-order chi connectivity index (χ0) is 17.6. The molecule has 1 N–H and O–H groups in total. The summed E-state index contributed by atoms with van der Waals surface area (Å²) in [5.41, 5.74) is 6.47. The van der Waals surface area contributed by atoms with E-state index in [1.165, 1.54) is 11.1 Å². The van der Waals surface area contributed by atoms with Crippen LogP contribution in [0.1, 0.15) is 0 Å². The molecule has 0 saturated carbocycles. The molecule has 0 atom stereocenters. The van der Waals surface area contributed by atoms with E-state index in [9.17, 15) is 0 Å². The Balaban J connectivity index is 1.45. The van der Waals surface area contributed by atoms with E-state index in [2.05, 4.69) is 71.3 Å². The lowest BCUT2D eigenvalue weighted by Crippen LogP contribution is -1.90. The number of hydrogen-bond donors (Lipinski definition) is 1. The number of rotatable bonds is 5. The number of nitrogens with zero attached hydrogens (tertiary/aromatic N) is 1. The lowest BCUT2D eigenvalue weighted by Gasteiger charge is -2.08. The van der Waals surface area contributed by atoms with Crippen molar-refractivity contribution >= 4 is 22.7 Å². The van der Waals surface area contributed by atoms with Crippen molar-refractivity contribution in [1.82, 2.24) is 5.32 Å². The molecule has 0 bridgehead atoms. The van der Waals surface area contributed by atoms with Crippen LogP contribution in [0.5, 0.6) is 0 Å². The lowest BCUT2D eigenvalue weighted by molar-refractivity contribution is 1.19. The number of nitrogens with one attached hydrogen (secondary N) is 1. The van der Waals surface area contributed by atoms with Crippen LogP contribution in [0.2, 0.25) is 0 Å². The van der Waals surface area contributed by atoms with E-state index >= 15 is 0 Å². The van der Waals surface area contributed by atoms with Gasteiger partial charge in [0, 0.05) is 11.4 Å². The zero-order valence-corrected chi connectivity index (χ0v) is 14.3. The monoisotopic (exact) mass is 335 g/mol. The fourth-order valence-electron chi connectivity index (χ4n) is 2.81. The van der Waals surface area contributed by atoms with E-state index in [1.807, 2.05) is 48.5 Å². The van der Waals surface area contributed by atoms with Gasteiger partial charge in [-0.2, -0.15) is 0 Å². The third kappa shape index (κ3) is 3.93. The lowest BCUT2D eigenvalue weighted by atomic mass is 10.0. The molecule has 125 valence electrons. The highest BCUT2D eigenvalue weighted by Gasteiger charge is 2.01. The molecule has 2 nitrogen and oxygen atoms in total. The fraction of sp³-hybridized carbons (Fsp3) is 0. The summed E-state index contributed by atoms with van der Waals surface area (Å²) in [5, 5.41) is 8.03. The Morgan fingerprint density at radius 3 is 1.50 bits per heavy atom. The molecule has 0 fully saturated rings. The average molecular weight is 335 g/mol. The van der Waals surface area contributed by atoms with Crippen molar-refractivity contribution < 1.29 is 0 Å². The summed E-state index contributed by atoms with van der Waals surface area (Å²) in [6.07, 6.45) is 0. The molecule has 0 saturated heterocycles. The molecule has 0 aliphatic heterocycles. The van der Waals surface area contributed by atoms with E-state index in [1.54, 1.807) is 0 Å². The van der Waals surface area contributed by atoms with Crippen molar-refractivity contribution in [3.63, 3.8) is 0 Å². The van der Waals surface area contributed by atoms with Gasteiger partial charge in [0.1, 0.15) is 0 Å².